The van der Waals surface area contributed by atoms with Crippen molar-refractivity contribution in [1.82, 2.24) is 13.7 Å². The van der Waals surface area contributed by atoms with E-state index >= 15 is 0 Å². The lowest BCUT2D eigenvalue weighted by atomic mass is 10.0. The lowest BCUT2D eigenvalue weighted by Gasteiger charge is -2.16. The molecule has 51 heavy (non-hydrogen) atoms. The maximum Gasteiger partial charge on any atom is 0.0547 e. The maximum atomic E-state index is 2.44. The summed E-state index contributed by atoms with van der Waals surface area (Å²) in [7, 11) is 0. The summed E-state index contributed by atoms with van der Waals surface area (Å²) in [5.74, 6) is 0. The number of nitrogens with zero attached hydrogens (tertiary/aromatic N) is 3. The minimum atomic E-state index is 1.13. The van der Waals surface area contributed by atoms with Crippen LogP contribution in [-0.2, 0) is 0 Å². The lowest BCUT2D eigenvalue weighted by molar-refractivity contribution is 1.13. The first-order valence-corrected chi connectivity index (χ1v) is 17.5. The van der Waals surface area contributed by atoms with Gasteiger partial charge in [0.15, 0.2) is 0 Å². The third-order valence-corrected chi connectivity index (χ3v) is 10.6. The Morgan fingerprint density at radius 2 is 0.569 bits per heavy atom. The zero-order valence-electron chi connectivity index (χ0n) is 27.7. The number of hydrogen-bond acceptors (Lipinski definition) is 0. The van der Waals surface area contributed by atoms with E-state index in [0.29, 0.717) is 0 Å². The summed E-state index contributed by atoms with van der Waals surface area (Å²) in [6, 6.07) is 68.6. The summed E-state index contributed by atoms with van der Waals surface area (Å²) in [6.07, 6.45) is 0. The van der Waals surface area contributed by atoms with Gasteiger partial charge in [-0.2, -0.15) is 0 Å². The fourth-order valence-corrected chi connectivity index (χ4v) is 8.43. The van der Waals surface area contributed by atoms with E-state index in [9.17, 15) is 0 Å². The quantitative estimate of drug-likeness (QED) is 0.180. The summed E-state index contributed by atoms with van der Waals surface area (Å²) >= 11 is 0. The minimum Gasteiger partial charge on any atom is -0.309 e. The number of para-hydroxylation sites is 6. The summed E-state index contributed by atoms with van der Waals surface area (Å²) in [5.41, 5.74) is 13.0. The van der Waals surface area contributed by atoms with Gasteiger partial charge in [-0.3, -0.25) is 0 Å². The monoisotopic (exact) mass is 649 g/mol. The predicted octanol–water partition coefficient (Wildman–Crippen LogP) is 12.6. The zero-order valence-corrected chi connectivity index (χ0v) is 27.7. The second kappa shape index (κ2) is 10.8. The van der Waals surface area contributed by atoms with Gasteiger partial charge < -0.3 is 13.7 Å². The first-order valence-electron chi connectivity index (χ1n) is 17.5. The third-order valence-electron chi connectivity index (χ3n) is 10.6. The van der Waals surface area contributed by atoms with Gasteiger partial charge in [0.25, 0.3) is 0 Å². The topological polar surface area (TPSA) is 14.8 Å². The van der Waals surface area contributed by atoms with Gasteiger partial charge in [-0.05, 0) is 77.9 Å². The van der Waals surface area contributed by atoms with Crippen LogP contribution in [0.25, 0.3) is 93.6 Å². The summed E-state index contributed by atoms with van der Waals surface area (Å²) in [4.78, 5) is 0. The summed E-state index contributed by atoms with van der Waals surface area (Å²) in [5, 5.41) is 7.53. The van der Waals surface area contributed by atoms with E-state index < -0.39 is 0 Å². The van der Waals surface area contributed by atoms with Crippen LogP contribution < -0.4 is 0 Å². The SMILES string of the molecule is c1ccc(-n2c3ccccc3c3ccc(-c4cc(-n5c6ccccc6c6ccccc65)cc(-n5c6ccccc6c6ccccc65)c4)cc32)cc1. The van der Waals surface area contributed by atoms with Crippen molar-refractivity contribution in [2.45, 2.75) is 0 Å². The molecule has 0 unspecified atom stereocenters. The van der Waals surface area contributed by atoms with Gasteiger partial charge in [-0.25, -0.2) is 0 Å². The largest absolute Gasteiger partial charge is 0.309 e. The van der Waals surface area contributed by atoms with E-state index in [1.807, 2.05) is 0 Å². The molecule has 11 rings (SSSR count). The highest BCUT2D eigenvalue weighted by molar-refractivity contribution is 6.12. The molecule has 8 aromatic carbocycles. The Balaban J connectivity index is 1.24. The highest BCUT2D eigenvalue weighted by atomic mass is 15.0. The molecule has 0 saturated carbocycles. The van der Waals surface area contributed by atoms with Gasteiger partial charge >= 0.3 is 0 Å². The van der Waals surface area contributed by atoms with Crippen molar-refractivity contribution in [1.29, 1.82) is 0 Å². The lowest BCUT2D eigenvalue weighted by Crippen LogP contribution is -2.00. The minimum absolute atomic E-state index is 1.13. The van der Waals surface area contributed by atoms with Crippen LogP contribution in [0.4, 0.5) is 0 Å². The van der Waals surface area contributed by atoms with Crippen LogP contribution in [0.5, 0.6) is 0 Å². The van der Waals surface area contributed by atoms with E-state index in [0.717, 1.165) is 22.6 Å². The molecule has 3 aromatic heterocycles. The van der Waals surface area contributed by atoms with Crippen LogP contribution >= 0.6 is 0 Å². The molecular formula is C48H31N3. The predicted molar refractivity (Wildman–Crippen MR) is 215 cm³/mol. The fourth-order valence-electron chi connectivity index (χ4n) is 8.43. The van der Waals surface area contributed by atoms with Crippen LogP contribution in [0.1, 0.15) is 0 Å². The summed E-state index contributed by atoms with van der Waals surface area (Å²) in [6.45, 7) is 0. The molecule has 0 N–H and O–H groups in total. The normalized spacial score (nSPS) is 11.9. The second-order valence-corrected chi connectivity index (χ2v) is 13.4. The molecular weight excluding hydrogens is 619 g/mol. The molecule has 0 saturated heterocycles. The van der Waals surface area contributed by atoms with Gasteiger partial charge in [-0.15, -0.1) is 0 Å². The summed E-state index contributed by atoms with van der Waals surface area (Å²) < 4.78 is 7.27. The Morgan fingerprint density at radius 1 is 0.216 bits per heavy atom. The van der Waals surface area contributed by atoms with Crippen LogP contribution in [0, 0.1) is 0 Å². The van der Waals surface area contributed by atoms with Gasteiger partial charge in [0.05, 0.1) is 33.1 Å². The molecule has 0 amide bonds. The van der Waals surface area contributed by atoms with E-state index in [1.54, 1.807) is 0 Å². The molecule has 0 fully saturated rings. The molecule has 0 aliphatic carbocycles. The van der Waals surface area contributed by atoms with Crippen molar-refractivity contribution < 1.29 is 0 Å². The van der Waals surface area contributed by atoms with Gasteiger partial charge in [-0.1, -0.05) is 121 Å². The third kappa shape index (κ3) is 4.12. The van der Waals surface area contributed by atoms with E-state index in [1.165, 1.54) is 71.0 Å². The van der Waals surface area contributed by atoms with Crippen molar-refractivity contribution in [3.8, 4) is 28.2 Å². The number of benzene rings is 8. The molecule has 0 radical (unpaired) electrons. The Labute approximate surface area is 294 Å². The molecule has 0 aliphatic heterocycles. The maximum absolute atomic E-state index is 2.44. The average molecular weight is 650 g/mol. The molecule has 3 heteroatoms. The highest BCUT2D eigenvalue weighted by Crippen LogP contribution is 2.39. The molecule has 11 aromatic rings. The second-order valence-electron chi connectivity index (χ2n) is 13.4. The fraction of sp³-hybridized carbons (Fsp3) is 0. The van der Waals surface area contributed by atoms with Crippen molar-refractivity contribution in [3.05, 3.63) is 188 Å². The van der Waals surface area contributed by atoms with Crippen molar-refractivity contribution in [3.63, 3.8) is 0 Å². The van der Waals surface area contributed by atoms with Crippen LogP contribution in [-0.4, -0.2) is 13.7 Å². The van der Waals surface area contributed by atoms with Crippen molar-refractivity contribution in [2.24, 2.45) is 0 Å². The first-order chi connectivity index (χ1) is 25.3. The Bertz CT molecular complexity index is 2900. The van der Waals surface area contributed by atoms with E-state index in [2.05, 4.69) is 202 Å². The number of fused-ring (bicyclic) bond motifs is 9. The molecule has 0 atom stereocenters. The van der Waals surface area contributed by atoms with Crippen molar-refractivity contribution in [2.75, 3.05) is 0 Å². The van der Waals surface area contributed by atoms with Crippen molar-refractivity contribution >= 4 is 65.4 Å². The first kappa shape index (κ1) is 28.0. The standard InChI is InChI=1S/C48H31N3/c1-2-14-34(15-3-1)49-43-21-9-8-20-41(43)42-27-26-32(30-48(42)49)33-28-35(50-44-22-10-4-16-37(44)38-17-5-11-23-45(38)50)31-36(29-33)51-46-24-12-6-18-39(46)40-19-7-13-25-47(40)51/h1-31H. The number of hydrogen-bond donors (Lipinski definition) is 0. The average Bonchev–Trinajstić information content (AvgIpc) is 3.84. The Kier molecular flexibility index (Phi) is 5.96. The Hall–Kier alpha value is -6.84. The van der Waals surface area contributed by atoms with Crippen LogP contribution in [0.15, 0.2) is 188 Å². The van der Waals surface area contributed by atoms with Gasteiger partial charge in [0.1, 0.15) is 0 Å². The van der Waals surface area contributed by atoms with E-state index in [4.69, 9.17) is 0 Å². The van der Waals surface area contributed by atoms with E-state index in [-0.39, 0.29) is 0 Å². The van der Waals surface area contributed by atoms with Gasteiger partial charge in [0, 0.05) is 49.4 Å². The van der Waals surface area contributed by atoms with Crippen LogP contribution in [0.2, 0.25) is 0 Å². The molecule has 0 spiro atoms. The highest BCUT2D eigenvalue weighted by Gasteiger charge is 2.18. The number of rotatable bonds is 4. The zero-order chi connectivity index (χ0) is 33.5. The molecule has 0 aliphatic rings. The Morgan fingerprint density at radius 3 is 1.00 bits per heavy atom. The number of aromatic nitrogens is 3. The molecule has 3 nitrogen and oxygen atoms in total. The van der Waals surface area contributed by atoms with Gasteiger partial charge in [0.2, 0.25) is 0 Å². The molecule has 0 bridgehead atoms. The van der Waals surface area contributed by atoms with Crippen LogP contribution in [0.3, 0.4) is 0 Å². The smallest absolute Gasteiger partial charge is 0.0547 e. The molecule has 238 valence electrons. The molecule has 3 heterocycles.